The van der Waals surface area contributed by atoms with E-state index in [1.807, 2.05) is 42.5 Å². The molecule has 0 aliphatic rings. The first-order valence-electron chi connectivity index (χ1n) is 8.97. The molecule has 0 spiro atoms. The number of H-pyrrole nitrogens is 1. The number of nitrogens with zero attached hydrogens (tertiary/aromatic N) is 1. The highest BCUT2D eigenvalue weighted by atomic mass is 16.2. The predicted molar refractivity (Wildman–Crippen MR) is 104 cm³/mol. The molecule has 26 heavy (non-hydrogen) atoms. The number of rotatable bonds is 7. The Kier molecular flexibility index (Phi) is 5.26. The van der Waals surface area contributed by atoms with E-state index in [1.54, 1.807) is 4.57 Å². The second kappa shape index (κ2) is 7.60. The molecule has 0 fully saturated rings. The third-order valence-electron chi connectivity index (χ3n) is 4.87. The summed E-state index contributed by atoms with van der Waals surface area (Å²) in [5.74, 6) is 0.0156. The molecule has 5 nitrogen and oxygen atoms in total. The molecule has 2 N–H and O–H groups in total. The van der Waals surface area contributed by atoms with Crippen LogP contribution in [0.5, 0.6) is 0 Å². The van der Waals surface area contributed by atoms with Gasteiger partial charge in [0.25, 0.3) is 0 Å². The van der Waals surface area contributed by atoms with Gasteiger partial charge in [0.1, 0.15) is 0 Å². The Morgan fingerprint density at radius 3 is 2.54 bits per heavy atom. The van der Waals surface area contributed by atoms with Gasteiger partial charge in [-0.1, -0.05) is 56.3 Å². The zero-order valence-corrected chi connectivity index (χ0v) is 15.3. The van der Waals surface area contributed by atoms with E-state index in [4.69, 9.17) is 0 Å². The van der Waals surface area contributed by atoms with Crippen molar-refractivity contribution in [3.8, 4) is 0 Å². The molecular formula is C21H25N3O2. The number of para-hydroxylation sites is 2. The molecular weight excluding hydrogens is 326 g/mol. The minimum atomic E-state index is -0.148. The maximum Gasteiger partial charge on any atom is 0.326 e. The second-order valence-electron chi connectivity index (χ2n) is 7.20. The Balaban J connectivity index is 1.51. The fraction of sp³-hybridized carbons (Fsp3) is 0.333. The summed E-state index contributed by atoms with van der Waals surface area (Å²) in [6.07, 6.45) is 1.24. The van der Waals surface area contributed by atoms with Crippen molar-refractivity contribution < 1.29 is 4.79 Å². The van der Waals surface area contributed by atoms with Crippen molar-refractivity contribution in [3.05, 3.63) is 70.6 Å². The molecule has 0 saturated carbocycles. The fourth-order valence-corrected chi connectivity index (χ4v) is 3.18. The summed E-state index contributed by atoms with van der Waals surface area (Å²) in [6.45, 7) is 5.20. The smallest absolute Gasteiger partial charge is 0.326 e. The third kappa shape index (κ3) is 4.04. The predicted octanol–water partition coefficient (Wildman–Crippen LogP) is 3.20. The van der Waals surface area contributed by atoms with Crippen LogP contribution < -0.4 is 11.0 Å². The molecule has 5 heteroatoms. The molecule has 1 heterocycles. The fourth-order valence-electron chi connectivity index (χ4n) is 3.18. The Labute approximate surface area is 153 Å². The molecule has 0 aliphatic heterocycles. The summed E-state index contributed by atoms with van der Waals surface area (Å²) in [4.78, 5) is 27.0. The van der Waals surface area contributed by atoms with Crippen molar-refractivity contribution >= 4 is 16.9 Å². The maximum absolute atomic E-state index is 12.2. The van der Waals surface area contributed by atoms with Crippen LogP contribution in [0, 0.1) is 0 Å². The first-order valence-corrected chi connectivity index (χ1v) is 8.97. The molecule has 3 aromatic rings. The number of imidazole rings is 1. The number of aromatic amines is 1. The second-order valence-corrected chi connectivity index (χ2v) is 7.20. The molecule has 0 radical (unpaired) electrons. The average Bonchev–Trinajstić information content (AvgIpc) is 2.96. The standard InChI is InChI=1S/C21H25N3O2/c1-21(2,16-8-4-3-5-9-16)13-12-19(25)22-14-15-24-18-11-7-6-10-17(18)23-20(24)26/h3-11H,12-15H2,1-2H3,(H,22,25)(H,23,26). The number of nitrogens with one attached hydrogen (secondary N) is 2. The van der Waals surface area contributed by atoms with Crippen LogP contribution in [0.25, 0.3) is 11.0 Å². The minimum Gasteiger partial charge on any atom is -0.354 e. The normalized spacial score (nSPS) is 11.6. The zero-order valence-electron chi connectivity index (χ0n) is 15.3. The van der Waals surface area contributed by atoms with Crippen LogP contribution in [0.3, 0.4) is 0 Å². The number of hydrogen-bond donors (Lipinski definition) is 2. The number of aromatic nitrogens is 2. The molecule has 0 bridgehead atoms. The van der Waals surface area contributed by atoms with Gasteiger partial charge in [-0.15, -0.1) is 0 Å². The Morgan fingerprint density at radius 1 is 1.08 bits per heavy atom. The van der Waals surface area contributed by atoms with Crippen LogP contribution in [0.15, 0.2) is 59.4 Å². The molecule has 1 amide bonds. The number of benzene rings is 2. The lowest BCUT2D eigenvalue weighted by molar-refractivity contribution is -0.121. The highest BCUT2D eigenvalue weighted by Gasteiger charge is 2.21. The molecule has 3 rings (SSSR count). The lowest BCUT2D eigenvalue weighted by Gasteiger charge is -2.25. The quantitative estimate of drug-likeness (QED) is 0.686. The van der Waals surface area contributed by atoms with E-state index >= 15 is 0 Å². The van der Waals surface area contributed by atoms with Gasteiger partial charge in [-0.3, -0.25) is 9.36 Å². The van der Waals surface area contributed by atoms with E-state index < -0.39 is 0 Å². The van der Waals surface area contributed by atoms with Crippen LogP contribution in [0.1, 0.15) is 32.3 Å². The van der Waals surface area contributed by atoms with Crippen LogP contribution in [0.2, 0.25) is 0 Å². The van der Waals surface area contributed by atoms with Crippen LogP contribution in [-0.2, 0) is 16.8 Å². The lowest BCUT2D eigenvalue weighted by atomic mass is 9.80. The SMILES string of the molecule is CC(C)(CCC(=O)NCCn1c(=O)[nH]c2ccccc21)c1ccccc1. The molecule has 0 saturated heterocycles. The van der Waals surface area contributed by atoms with Gasteiger partial charge in [0.2, 0.25) is 5.91 Å². The number of carbonyl (C=O) groups excluding carboxylic acids is 1. The van der Waals surface area contributed by atoms with Gasteiger partial charge in [-0.2, -0.15) is 0 Å². The average molecular weight is 351 g/mol. The molecule has 0 unspecified atom stereocenters. The highest BCUT2D eigenvalue weighted by Crippen LogP contribution is 2.27. The van der Waals surface area contributed by atoms with Gasteiger partial charge in [0.15, 0.2) is 0 Å². The van der Waals surface area contributed by atoms with Gasteiger partial charge in [0, 0.05) is 19.5 Å². The van der Waals surface area contributed by atoms with Gasteiger partial charge in [0.05, 0.1) is 11.0 Å². The highest BCUT2D eigenvalue weighted by molar-refractivity contribution is 5.76. The van der Waals surface area contributed by atoms with Crippen LogP contribution in [-0.4, -0.2) is 22.0 Å². The molecule has 0 atom stereocenters. The first kappa shape index (κ1) is 18.0. The Morgan fingerprint density at radius 2 is 1.77 bits per heavy atom. The monoisotopic (exact) mass is 351 g/mol. The minimum absolute atomic E-state index is 0.0156. The summed E-state index contributed by atoms with van der Waals surface area (Å²) in [5.41, 5.74) is 2.71. The van der Waals surface area contributed by atoms with E-state index in [0.29, 0.717) is 19.5 Å². The Bertz CT molecular complexity index is 939. The topological polar surface area (TPSA) is 66.9 Å². The van der Waals surface area contributed by atoms with Crippen molar-refractivity contribution in [2.75, 3.05) is 6.54 Å². The molecule has 1 aromatic heterocycles. The first-order chi connectivity index (χ1) is 12.5. The van der Waals surface area contributed by atoms with E-state index in [9.17, 15) is 9.59 Å². The zero-order chi connectivity index (χ0) is 18.6. The van der Waals surface area contributed by atoms with E-state index in [-0.39, 0.29) is 17.0 Å². The van der Waals surface area contributed by atoms with Gasteiger partial charge in [-0.05, 0) is 29.5 Å². The number of fused-ring (bicyclic) bond motifs is 1. The largest absolute Gasteiger partial charge is 0.354 e. The number of hydrogen-bond acceptors (Lipinski definition) is 2. The van der Waals surface area contributed by atoms with E-state index in [2.05, 4.69) is 36.3 Å². The van der Waals surface area contributed by atoms with Gasteiger partial charge < -0.3 is 10.3 Å². The van der Waals surface area contributed by atoms with Crippen LogP contribution in [0.4, 0.5) is 0 Å². The lowest BCUT2D eigenvalue weighted by Crippen LogP contribution is -2.31. The number of carbonyl (C=O) groups is 1. The summed E-state index contributed by atoms with van der Waals surface area (Å²) in [5, 5.41) is 2.92. The van der Waals surface area contributed by atoms with Gasteiger partial charge in [-0.25, -0.2) is 4.79 Å². The van der Waals surface area contributed by atoms with Crippen molar-refractivity contribution in [1.29, 1.82) is 0 Å². The summed E-state index contributed by atoms with van der Waals surface area (Å²) < 4.78 is 1.66. The third-order valence-corrected chi connectivity index (χ3v) is 4.87. The molecule has 2 aromatic carbocycles. The van der Waals surface area contributed by atoms with Crippen molar-refractivity contribution in [2.24, 2.45) is 0 Å². The Hall–Kier alpha value is -2.82. The summed E-state index contributed by atoms with van der Waals surface area (Å²) >= 11 is 0. The molecule has 136 valence electrons. The number of amides is 1. The maximum atomic E-state index is 12.2. The van der Waals surface area contributed by atoms with Crippen molar-refractivity contribution in [3.63, 3.8) is 0 Å². The molecule has 0 aliphatic carbocycles. The van der Waals surface area contributed by atoms with Crippen LogP contribution >= 0.6 is 0 Å². The van der Waals surface area contributed by atoms with Crippen molar-refractivity contribution in [2.45, 2.75) is 38.6 Å². The summed E-state index contributed by atoms with van der Waals surface area (Å²) in [6, 6.07) is 17.8. The van der Waals surface area contributed by atoms with E-state index in [1.165, 1.54) is 5.56 Å². The van der Waals surface area contributed by atoms with Gasteiger partial charge >= 0.3 is 5.69 Å². The van der Waals surface area contributed by atoms with E-state index in [0.717, 1.165) is 17.5 Å². The van der Waals surface area contributed by atoms with Crippen molar-refractivity contribution in [1.82, 2.24) is 14.9 Å². The summed E-state index contributed by atoms with van der Waals surface area (Å²) in [7, 11) is 0.